The van der Waals surface area contributed by atoms with Crippen molar-refractivity contribution in [1.29, 1.82) is 0 Å². The summed E-state index contributed by atoms with van der Waals surface area (Å²) in [5.74, 6) is 0. The molecule has 0 spiro atoms. The molecule has 0 aliphatic carbocycles. The van der Waals surface area contributed by atoms with Crippen LogP contribution < -0.4 is 0 Å². The smallest absolute Gasteiger partial charge is 0.235 e. The van der Waals surface area contributed by atoms with Gasteiger partial charge in [0.15, 0.2) is 0 Å². The Bertz CT molecular complexity index is 140. The zero-order valence-electron chi connectivity index (χ0n) is 4.54. The number of alkyl halides is 3. The van der Waals surface area contributed by atoms with E-state index in [4.69, 9.17) is 0 Å². The van der Waals surface area contributed by atoms with Gasteiger partial charge < -0.3 is 0 Å². The SMILES string of the molecule is O=[P+]1OC(F)C(F)C(F)O1. The van der Waals surface area contributed by atoms with E-state index in [-0.39, 0.29) is 0 Å². The molecule has 1 saturated heterocycles. The summed E-state index contributed by atoms with van der Waals surface area (Å²) in [7, 11) is -2.84. The Hall–Kier alpha value is -0.190. The largest absolute Gasteiger partial charge is 0.703 e. The van der Waals surface area contributed by atoms with E-state index >= 15 is 0 Å². The van der Waals surface area contributed by atoms with E-state index in [1.807, 2.05) is 0 Å². The van der Waals surface area contributed by atoms with Crippen LogP contribution in [0.3, 0.4) is 0 Å². The third kappa shape index (κ3) is 1.45. The van der Waals surface area contributed by atoms with Crippen molar-refractivity contribution >= 4 is 8.25 Å². The Labute approximate surface area is 55.1 Å². The quantitative estimate of drug-likeness (QED) is 0.524. The third-order valence-electron chi connectivity index (χ3n) is 0.874. The molecule has 10 heavy (non-hydrogen) atoms. The van der Waals surface area contributed by atoms with Crippen LogP contribution in [0.15, 0.2) is 0 Å². The molecule has 0 radical (unpaired) electrons. The second kappa shape index (κ2) is 2.82. The molecular weight excluding hydrogens is 172 g/mol. The molecule has 0 N–H and O–H groups in total. The lowest BCUT2D eigenvalue weighted by Crippen LogP contribution is -2.33. The van der Waals surface area contributed by atoms with Crippen molar-refractivity contribution in [2.45, 2.75) is 18.9 Å². The maximum absolute atomic E-state index is 12.0. The molecule has 0 aromatic heterocycles. The maximum Gasteiger partial charge on any atom is 0.703 e. The lowest BCUT2D eigenvalue weighted by molar-refractivity contribution is -0.136. The van der Waals surface area contributed by atoms with Gasteiger partial charge in [0.05, 0.1) is 0 Å². The molecule has 1 rings (SSSR count). The summed E-state index contributed by atoms with van der Waals surface area (Å²) in [4.78, 5) is 0. The first-order valence-electron chi connectivity index (χ1n) is 2.34. The number of hydrogen-bond acceptors (Lipinski definition) is 3. The van der Waals surface area contributed by atoms with Crippen LogP contribution in [-0.2, 0) is 13.6 Å². The fourth-order valence-electron chi connectivity index (χ4n) is 0.425. The van der Waals surface area contributed by atoms with Gasteiger partial charge in [0, 0.05) is 4.57 Å². The van der Waals surface area contributed by atoms with E-state index in [2.05, 4.69) is 9.05 Å². The maximum atomic E-state index is 12.0. The third-order valence-corrected chi connectivity index (χ3v) is 1.62. The minimum Gasteiger partial charge on any atom is -0.235 e. The average Bonchev–Trinajstić information content (AvgIpc) is 1.82. The summed E-state index contributed by atoms with van der Waals surface area (Å²) < 4.78 is 53.4. The van der Waals surface area contributed by atoms with Crippen molar-refractivity contribution in [3.63, 3.8) is 0 Å². The number of halogens is 3. The van der Waals surface area contributed by atoms with Gasteiger partial charge >= 0.3 is 8.25 Å². The molecule has 1 aliphatic heterocycles. The Morgan fingerprint density at radius 2 is 1.50 bits per heavy atom. The Kier molecular flexibility index (Phi) is 2.23. The lowest BCUT2D eigenvalue weighted by atomic mass is 10.4. The molecule has 3 nitrogen and oxygen atoms in total. The molecule has 1 fully saturated rings. The summed E-state index contributed by atoms with van der Waals surface area (Å²) in [6.45, 7) is 0. The van der Waals surface area contributed by atoms with Gasteiger partial charge in [-0.1, -0.05) is 9.05 Å². The van der Waals surface area contributed by atoms with Crippen LogP contribution in [0.25, 0.3) is 0 Å². The van der Waals surface area contributed by atoms with E-state index in [9.17, 15) is 17.7 Å². The summed E-state index contributed by atoms with van der Waals surface area (Å²) >= 11 is 0. The zero-order chi connectivity index (χ0) is 7.72. The molecule has 58 valence electrons. The molecule has 0 aromatic rings. The van der Waals surface area contributed by atoms with Crippen LogP contribution in [0.4, 0.5) is 13.2 Å². The second-order valence-electron chi connectivity index (χ2n) is 1.58. The first-order chi connectivity index (χ1) is 4.61. The van der Waals surface area contributed by atoms with Crippen LogP contribution in [0.1, 0.15) is 0 Å². The van der Waals surface area contributed by atoms with E-state index in [0.29, 0.717) is 0 Å². The lowest BCUT2D eigenvalue weighted by Gasteiger charge is -2.12. The van der Waals surface area contributed by atoms with Gasteiger partial charge in [-0.2, -0.15) is 0 Å². The molecular formula is C3H3F3O3P+. The van der Waals surface area contributed by atoms with Gasteiger partial charge in [0.1, 0.15) is 0 Å². The zero-order valence-corrected chi connectivity index (χ0v) is 5.43. The van der Waals surface area contributed by atoms with Crippen molar-refractivity contribution < 1.29 is 26.8 Å². The van der Waals surface area contributed by atoms with Gasteiger partial charge in [-0.05, 0) is 0 Å². The summed E-state index contributed by atoms with van der Waals surface area (Å²) in [6.07, 6.45) is -7.49. The first-order valence-corrected chi connectivity index (χ1v) is 3.44. The molecule has 0 bridgehead atoms. The standard InChI is InChI=1S/C3H3F3O3P/c4-1-2(5)8-10(7)9-3(1)6/h1-3H/q+1. The highest BCUT2D eigenvalue weighted by molar-refractivity contribution is 7.33. The van der Waals surface area contributed by atoms with E-state index in [0.717, 1.165) is 0 Å². The predicted octanol–water partition coefficient (Wildman–Crippen LogP) is 1.62. The molecule has 2 unspecified atom stereocenters. The normalized spacial score (nSPS) is 45.5. The summed E-state index contributed by atoms with van der Waals surface area (Å²) in [5, 5.41) is 0. The van der Waals surface area contributed by atoms with Crippen molar-refractivity contribution in [3.05, 3.63) is 0 Å². The average molecular weight is 175 g/mol. The molecule has 1 heterocycles. The molecule has 7 heteroatoms. The highest BCUT2D eigenvalue weighted by Gasteiger charge is 2.49. The fourth-order valence-corrected chi connectivity index (χ4v) is 1.04. The first kappa shape index (κ1) is 7.91. The monoisotopic (exact) mass is 175 g/mol. The summed E-state index contributed by atoms with van der Waals surface area (Å²) in [6, 6.07) is 0. The highest BCUT2D eigenvalue weighted by atomic mass is 31.1. The van der Waals surface area contributed by atoms with E-state index in [1.165, 1.54) is 0 Å². The second-order valence-corrected chi connectivity index (χ2v) is 2.45. The number of hydrogen-bond donors (Lipinski definition) is 0. The summed E-state index contributed by atoms with van der Waals surface area (Å²) in [5.41, 5.74) is 0. The Balaban J connectivity index is 2.57. The molecule has 1 aliphatic rings. The van der Waals surface area contributed by atoms with Crippen LogP contribution in [0, 0.1) is 0 Å². The topological polar surface area (TPSA) is 35.5 Å². The van der Waals surface area contributed by atoms with Crippen LogP contribution >= 0.6 is 8.25 Å². The Morgan fingerprint density at radius 1 is 1.10 bits per heavy atom. The highest BCUT2D eigenvalue weighted by Crippen LogP contribution is 2.38. The minimum absolute atomic E-state index is 2.49. The minimum atomic E-state index is -2.84. The van der Waals surface area contributed by atoms with E-state index < -0.39 is 27.1 Å². The molecule has 0 aromatic carbocycles. The van der Waals surface area contributed by atoms with Crippen molar-refractivity contribution in [2.75, 3.05) is 0 Å². The molecule has 2 atom stereocenters. The van der Waals surface area contributed by atoms with Gasteiger partial charge in [-0.3, -0.25) is 0 Å². The van der Waals surface area contributed by atoms with Crippen molar-refractivity contribution in [3.8, 4) is 0 Å². The predicted molar refractivity (Wildman–Crippen MR) is 24.5 cm³/mol. The molecule has 0 amide bonds. The molecule has 0 saturated carbocycles. The van der Waals surface area contributed by atoms with Gasteiger partial charge in [0.25, 0.3) is 12.7 Å². The fraction of sp³-hybridized carbons (Fsp3) is 1.00. The van der Waals surface area contributed by atoms with Gasteiger partial charge in [-0.25, -0.2) is 13.2 Å². The van der Waals surface area contributed by atoms with Crippen molar-refractivity contribution in [1.82, 2.24) is 0 Å². The van der Waals surface area contributed by atoms with Gasteiger partial charge in [-0.15, -0.1) is 0 Å². The van der Waals surface area contributed by atoms with Crippen LogP contribution in [0.5, 0.6) is 0 Å². The van der Waals surface area contributed by atoms with Gasteiger partial charge in [0.2, 0.25) is 6.17 Å². The number of rotatable bonds is 0. The van der Waals surface area contributed by atoms with Crippen LogP contribution in [-0.4, -0.2) is 18.9 Å². The van der Waals surface area contributed by atoms with Crippen molar-refractivity contribution in [2.24, 2.45) is 0 Å². The van der Waals surface area contributed by atoms with E-state index in [1.54, 1.807) is 0 Å². The van der Waals surface area contributed by atoms with Crippen LogP contribution in [0.2, 0.25) is 0 Å². The Morgan fingerprint density at radius 3 is 1.90 bits per heavy atom.